The van der Waals surface area contributed by atoms with E-state index in [4.69, 9.17) is 10.9 Å². The summed E-state index contributed by atoms with van der Waals surface area (Å²) in [6, 6.07) is 0. The van der Waals surface area contributed by atoms with Crippen molar-refractivity contribution in [2.45, 2.75) is 33.1 Å². The molecule has 1 saturated carbocycles. The van der Waals surface area contributed by atoms with Gasteiger partial charge in [-0.3, -0.25) is 0 Å². The lowest BCUT2D eigenvalue weighted by Crippen LogP contribution is -2.40. The fourth-order valence-corrected chi connectivity index (χ4v) is 2.59. The van der Waals surface area contributed by atoms with Gasteiger partial charge in [-0.25, -0.2) is 0 Å². The number of amidine groups is 1. The van der Waals surface area contributed by atoms with Crippen LogP contribution in [0.1, 0.15) is 33.1 Å². The Hall–Kier alpha value is -0.810. The lowest BCUT2D eigenvalue weighted by molar-refractivity contribution is 0.228. The summed E-state index contributed by atoms with van der Waals surface area (Å²) in [4.78, 5) is 2.21. The van der Waals surface area contributed by atoms with Crippen molar-refractivity contribution >= 4 is 5.84 Å². The van der Waals surface area contributed by atoms with Crippen LogP contribution in [-0.4, -0.2) is 49.7 Å². The largest absolute Gasteiger partial charge is 0.409 e. The van der Waals surface area contributed by atoms with Crippen molar-refractivity contribution in [2.75, 3.05) is 33.7 Å². The van der Waals surface area contributed by atoms with Gasteiger partial charge in [0.2, 0.25) is 0 Å². The summed E-state index contributed by atoms with van der Waals surface area (Å²) in [7, 11) is 4.20. The fraction of sp³-hybridized carbons (Fsp3) is 0.923. The van der Waals surface area contributed by atoms with E-state index in [9.17, 15) is 0 Å². The summed E-state index contributed by atoms with van der Waals surface area (Å²) in [5, 5.41) is 15.2. The molecule has 0 aromatic heterocycles. The van der Waals surface area contributed by atoms with Gasteiger partial charge in [0.05, 0.1) is 0 Å². The van der Waals surface area contributed by atoms with Crippen molar-refractivity contribution in [3.63, 3.8) is 0 Å². The highest BCUT2D eigenvalue weighted by Gasteiger charge is 2.43. The van der Waals surface area contributed by atoms with Gasteiger partial charge in [0.15, 0.2) is 0 Å². The van der Waals surface area contributed by atoms with E-state index >= 15 is 0 Å². The zero-order chi connectivity index (χ0) is 13.8. The first-order valence-corrected chi connectivity index (χ1v) is 6.60. The molecule has 0 atom stereocenters. The van der Waals surface area contributed by atoms with Gasteiger partial charge in [-0.05, 0) is 37.8 Å². The Labute approximate surface area is 110 Å². The number of nitrogens with one attached hydrogen (secondary N) is 1. The molecule has 0 bridgehead atoms. The maximum Gasteiger partial charge on any atom is 0.139 e. The molecule has 0 aromatic carbocycles. The molecule has 0 saturated heterocycles. The second kappa shape index (κ2) is 5.89. The molecule has 0 unspecified atom stereocenters. The normalized spacial score (nSPS) is 19.3. The second-order valence-electron chi connectivity index (χ2n) is 6.77. The predicted molar refractivity (Wildman–Crippen MR) is 74.9 cm³/mol. The Kier molecular flexibility index (Phi) is 4.99. The Morgan fingerprint density at radius 1 is 1.44 bits per heavy atom. The molecular formula is C13H28N4O. The third-order valence-corrected chi connectivity index (χ3v) is 3.49. The first-order valence-electron chi connectivity index (χ1n) is 6.60. The number of hydrogen-bond acceptors (Lipinski definition) is 4. The van der Waals surface area contributed by atoms with Gasteiger partial charge in [0.1, 0.15) is 5.84 Å². The molecule has 0 aromatic rings. The first-order chi connectivity index (χ1) is 8.29. The van der Waals surface area contributed by atoms with Gasteiger partial charge in [-0.1, -0.05) is 19.0 Å². The van der Waals surface area contributed by atoms with E-state index in [1.165, 1.54) is 12.8 Å². The number of nitrogens with zero attached hydrogens (tertiary/aromatic N) is 2. The summed E-state index contributed by atoms with van der Waals surface area (Å²) in [5.41, 5.74) is 6.09. The van der Waals surface area contributed by atoms with Crippen LogP contribution in [0.5, 0.6) is 0 Å². The molecule has 5 nitrogen and oxygen atoms in total. The molecule has 18 heavy (non-hydrogen) atoms. The van der Waals surface area contributed by atoms with Gasteiger partial charge >= 0.3 is 0 Å². The monoisotopic (exact) mass is 256 g/mol. The number of rotatable bonds is 8. The van der Waals surface area contributed by atoms with Crippen LogP contribution < -0.4 is 11.1 Å². The summed E-state index contributed by atoms with van der Waals surface area (Å²) in [5.74, 6) is 0.349. The molecule has 1 rings (SSSR count). The summed E-state index contributed by atoms with van der Waals surface area (Å²) < 4.78 is 0. The zero-order valence-electron chi connectivity index (χ0n) is 12.2. The fourth-order valence-electron chi connectivity index (χ4n) is 2.59. The third kappa shape index (κ3) is 5.23. The van der Waals surface area contributed by atoms with E-state index < -0.39 is 0 Å². The minimum absolute atomic E-state index is 0.241. The van der Waals surface area contributed by atoms with Crippen LogP contribution in [0.25, 0.3) is 0 Å². The topological polar surface area (TPSA) is 73.9 Å². The molecule has 106 valence electrons. The highest BCUT2D eigenvalue weighted by atomic mass is 16.4. The maximum atomic E-state index is 8.62. The standard InChI is InChI=1S/C13H28N4O/c1-12(2,10-17(3)4)8-15-9-13(5-6-13)7-11(14)16-18/h15,18H,5-10H2,1-4H3,(H2,14,16). The van der Waals surface area contributed by atoms with Crippen LogP contribution in [0.15, 0.2) is 5.16 Å². The molecule has 1 aliphatic rings. The van der Waals surface area contributed by atoms with Gasteiger partial charge in [-0.15, -0.1) is 0 Å². The van der Waals surface area contributed by atoms with Gasteiger partial charge in [0.25, 0.3) is 0 Å². The molecule has 0 heterocycles. The van der Waals surface area contributed by atoms with E-state index in [2.05, 4.69) is 43.3 Å². The Bertz CT molecular complexity index is 295. The number of nitrogens with two attached hydrogens (primary N) is 1. The van der Waals surface area contributed by atoms with Gasteiger partial charge in [-0.2, -0.15) is 0 Å². The molecule has 5 heteroatoms. The Morgan fingerprint density at radius 2 is 2.06 bits per heavy atom. The zero-order valence-corrected chi connectivity index (χ0v) is 12.2. The van der Waals surface area contributed by atoms with Crippen LogP contribution >= 0.6 is 0 Å². The van der Waals surface area contributed by atoms with Crippen molar-refractivity contribution in [1.29, 1.82) is 0 Å². The number of oxime groups is 1. The average molecular weight is 256 g/mol. The summed E-state index contributed by atoms with van der Waals surface area (Å²) >= 11 is 0. The minimum atomic E-state index is 0.241. The maximum absolute atomic E-state index is 8.62. The molecule has 0 aliphatic heterocycles. The predicted octanol–water partition coefficient (Wildman–Crippen LogP) is 1.08. The molecule has 1 fully saturated rings. The average Bonchev–Trinajstić information content (AvgIpc) is 2.95. The van der Waals surface area contributed by atoms with Crippen molar-refractivity contribution < 1.29 is 5.21 Å². The van der Waals surface area contributed by atoms with Crippen LogP contribution in [0.2, 0.25) is 0 Å². The van der Waals surface area contributed by atoms with Crippen LogP contribution in [0.3, 0.4) is 0 Å². The van der Waals surface area contributed by atoms with E-state index in [0.29, 0.717) is 12.3 Å². The first kappa shape index (κ1) is 15.2. The molecule has 1 aliphatic carbocycles. The van der Waals surface area contributed by atoms with E-state index in [0.717, 1.165) is 19.6 Å². The molecule has 0 radical (unpaired) electrons. The van der Waals surface area contributed by atoms with E-state index in [-0.39, 0.29) is 10.8 Å². The summed E-state index contributed by atoms with van der Waals surface area (Å²) in [6.07, 6.45) is 3.04. The molecule has 0 spiro atoms. The minimum Gasteiger partial charge on any atom is -0.409 e. The molecule has 0 amide bonds. The van der Waals surface area contributed by atoms with Crippen LogP contribution in [-0.2, 0) is 0 Å². The van der Waals surface area contributed by atoms with Crippen LogP contribution in [0, 0.1) is 10.8 Å². The van der Waals surface area contributed by atoms with Gasteiger partial charge < -0.3 is 21.2 Å². The third-order valence-electron chi connectivity index (χ3n) is 3.49. The van der Waals surface area contributed by atoms with Crippen molar-refractivity contribution in [2.24, 2.45) is 21.7 Å². The van der Waals surface area contributed by atoms with Crippen molar-refractivity contribution in [3.05, 3.63) is 0 Å². The lowest BCUT2D eigenvalue weighted by atomic mass is 9.92. The quantitative estimate of drug-likeness (QED) is 0.263. The Morgan fingerprint density at radius 3 is 2.50 bits per heavy atom. The van der Waals surface area contributed by atoms with E-state index in [1.54, 1.807) is 0 Å². The molecular weight excluding hydrogens is 228 g/mol. The number of hydrogen-bond donors (Lipinski definition) is 3. The van der Waals surface area contributed by atoms with Crippen molar-refractivity contribution in [3.8, 4) is 0 Å². The second-order valence-corrected chi connectivity index (χ2v) is 6.77. The Balaban J connectivity index is 2.29. The summed E-state index contributed by atoms with van der Waals surface area (Å²) in [6.45, 7) is 7.54. The van der Waals surface area contributed by atoms with Gasteiger partial charge in [0, 0.05) is 26.1 Å². The SMILES string of the molecule is CN(C)CC(C)(C)CNCC1(CC(N)=NO)CC1. The smallest absolute Gasteiger partial charge is 0.139 e. The lowest BCUT2D eigenvalue weighted by Gasteiger charge is -2.29. The highest BCUT2D eigenvalue weighted by molar-refractivity contribution is 5.80. The van der Waals surface area contributed by atoms with Crippen molar-refractivity contribution in [1.82, 2.24) is 10.2 Å². The molecule has 4 N–H and O–H groups in total. The van der Waals surface area contributed by atoms with E-state index in [1.807, 2.05) is 0 Å². The van der Waals surface area contributed by atoms with Crippen LogP contribution in [0.4, 0.5) is 0 Å². The highest BCUT2D eigenvalue weighted by Crippen LogP contribution is 2.48.